The minimum atomic E-state index is -0.792. The van der Waals surface area contributed by atoms with Crippen LogP contribution in [0, 0.1) is 0 Å². The zero-order chi connectivity index (χ0) is 14.8. The van der Waals surface area contributed by atoms with Gasteiger partial charge in [-0.2, -0.15) is 0 Å². The van der Waals surface area contributed by atoms with Gasteiger partial charge in [0.15, 0.2) is 0 Å². The van der Waals surface area contributed by atoms with Gasteiger partial charge in [0.2, 0.25) is 0 Å². The molecule has 3 rings (SSSR count). The lowest BCUT2D eigenvalue weighted by Crippen LogP contribution is -2.46. The average molecular weight is 291 g/mol. The maximum Gasteiger partial charge on any atom is 0.317 e. The third kappa shape index (κ3) is 3.44. The van der Waals surface area contributed by atoms with Crippen molar-refractivity contribution in [2.24, 2.45) is 0 Å². The second kappa shape index (κ2) is 5.89. The van der Waals surface area contributed by atoms with E-state index in [1.54, 1.807) is 0 Å². The quantitative estimate of drug-likeness (QED) is 0.852. The predicted molar refractivity (Wildman–Crippen MR) is 77.3 cm³/mol. The molecule has 1 amide bonds. The van der Waals surface area contributed by atoms with Crippen molar-refractivity contribution in [3.8, 4) is 0 Å². The summed E-state index contributed by atoms with van der Waals surface area (Å²) in [6.07, 6.45) is 5.90. The van der Waals surface area contributed by atoms with E-state index in [2.05, 4.69) is 9.88 Å². The molecule has 2 aliphatic rings. The van der Waals surface area contributed by atoms with E-state index in [0.29, 0.717) is 6.04 Å². The molecule has 21 heavy (non-hydrogen) atoms. The molecule has 0 atom stereocenters. The first-order chi connectivity index (χ1) is 10.1. The Morgan fingerprint density at radius 2 is 1.95 bits per heavy atom. The van der Waals surface area contributed by atoms with E-state index < -0.39 is 5.97 Å². The van der Waals surface area contributed by atoms with E-state index in [4.69, 9.17) is 5.11 Å². The lowest BCUT2D eigenvalue weighted by Gasteiger charge is -2.31. The molecular formula is C15H21N3O3. The fourth-order valence-electron chi connectivity index (χ4n) is 2.94. The van der Waals surface area contributed by atoms with Crippen LogP contribution in [-0.4, -0.2) is 52.1 Å². The topological polar surface area (TPSA) is 74.6 Å². The first kappa shape index (κ1) is 14.1. The predicted octanol–water partition coefficient (Wildman–Crippen LogP) is 1.10. The fourth-order valence-corrected chi connectivity index (χ4v) is 2.94. The number of nitrogens with one attached hydrogen (secondary N) is 1. The van der Waals surface area contributed by atoms with Crippen molar-refractivity contribution in [3.05, 3.63) is 24.0 Å². The number of piperidine rings is 1. The Kier molecular flexibility index (Phi) is 3.96. The minimum Gasteiger partial charge on any atom is -0.480 e. The van der Waals surface area contributed by atoms with Crippen molar-refractivity contribution in [1.29, 1.82) is 0 Å². The zero-order valence-corrected chi connectivity index (χ0v) is 12.0. The summed E-state index contributed by atoms with van der Waals surface area (Å²) in [5, 5.41) is 11.9. The van der Waals surface area contributed by atoms with Crippen LogP contribution >= 0.6 is 0 Å². The Morgan fingerprint density at radius 1 is 1.24 bits per heavy atom. The summed E-state index contributed by atoms with van der Waals surface area (Å²) in [5.41, 5.74) is 0.741. The molecule has 2 fully saturated rings. The number of rotatable bonds is 5. The van der Waals surface area contributed by atoms with Gasteiger partial charge in [0.05, 0.1) is 6.54 Å². The molecule has 1 aromatic heterocycles. The number of carbonyl (C=O) groups excluding carboxylic acids is 1. The smallest absolute Gasteiger partial charge is 0.317 e. The summed E-state index contributed by atoms with van der Waals surface area (Å²) < 4.78 is 2.06. The molecule has 0 unspecified atom stereocenters. The number of aromatic nitrogens is 1. The molecule has 0 spiro atoms. The van der Waals surface area contributed by atoms with Crippen molar-refractivity contribution in [1.82, 2.24) is 14.8 Å². The molecule has 2 N–H and O–H groups in total. The number of carbonyl (C=O) groups is 2. The normalized spacial score (nSPS) is 20.4. The van der Waals surface area contributed by atoms with Crippen molar-refractivity contribution >= 4 is 11.9 Å². The summed E-state index contributed by atoms with van der Waals surface area (Å²) in [6, 6.07) is 4.43. The zero-order valence-electron chi connectivity index (χ0n) is 12.0. The standard InChI is InChI=1S/C15H21N3O3/c19-14(20)10-17-8-5-11(6-9-17)16-15(21)13-2-1-7-18(13)12-3-4-12/h1-2,7,11-12H,3-6,8-10H2,(H,16,21)(H,19,20). The summed E-state index contributed by atoms with van der Waals surface area (Å²) in [7, 11) is 0. The fraction of sp³-hybridized carbons (Fsp3) is 0.600. The molecule has 0 bridgehead atoms. The van der Waals surface area contributed by atoms with Gasteiger partial charge in [-0.1, -0.05) is 0 Å². The molecule has 1 saturated carbocycles. The van der Waals surface area contributed by atoms with Gasteiger partial charge in [-0.25, -0.2) is 0 Å². The Hall–Kier alpha value is -1.82. The van der Waals surface area contributed by atoms with E-state index in [9.17, 15) is 9.59 Å². The number of carboxylic acid groups (broad SMARTS) is 1. The first-order valence-corrected chi connectivity index (χ1v) is 7.55. The van der Waals surface area contributed by atoms with Crippen LogP contribution in [0.1, 0.15) is 42.2 Å². The number of carboxylic acids is 1. The van der Waals surface area contributed by atoms with Crippen LogP contribution in [0.25, 0.3) is 0 Å². The molecule has 0 aromatic carbocycles. The lowest BCUT2D eigenvalue weighted by atomic mass is 10.0. The van der Waals surface area contributed by atoms with Gasteiger partial charge in [0.1, 0.15) is 5.69 Å². The summed E-state index contributed by atoms with van der Waals surface area (Å²) in [5.74, 6) is -0.802. The van der Waals surface area contributed by atoms with E-state index in [1.165, 1.54) is 0 Å². The summed E-state index contributed by atoms with van der Waals surface area (Å²) in [4.78, 5) is 24.9. The third-order valence-corrected chi connectivity index (χ3v) is 4.23. The van der Waals surface area contributed by atoms with Crippen molar-refractivity contribution < 1.29 is 14.7 Å². The highest BCUT2D eigenvalue weighted by atomic mass is 16.4. The van der Waals surface area contributed by atoms with Crippen LogP contribution in [0.15, 0.2) is 18.3 Å². The second-order valence-corrected chi connectivity index (χ2v) is 5.95. The van der Waals surface area contributed by atoms with Gasteiger partial charge in [-0.05, 0) is 37.8 Å². The lowest BCUT2D eigenvalue weighted by molar-refractivity contribution is -0.138. The minimum absolute atomic E-state index is 0.0106. The number of amides is 1. The Bertz CT molecular complexity index is 528. The molecule has 6 heteroatoms. The average Bonchev–Trinajstić information content (AvgIpc) is 3.17. The monoisotopic (exact) mass is 291 g/mol. The molecule has 1 aliphatic carbocycles. The maximum absolute atomic E-state index is 12.3. The van der Waals surface area contributed by atoms with Gasteiger partial charge in [0, 0.05) is 31.4 Å². The highest BCUT2D eigenvalue weighted by molar-refractivity contribution is 5.93. The number of aliphatic carboxylic acids is 1. The number of hydrogen-bond acceptors (Lipinski definition) is 3. The van der Waals surface area contributed by atoms with Crippen molar-refractivity contribution in [2.45, 2.75) is 37.8 Å². The summed E-state index contributed by atoms with van der Waals surface area (Å²) >= 11 is 0. The molecule has 6 nitrogen and oxygen atoms in total. The molecule has 1 aromatic rings. The Morgan fingerprint density at radius 3 is 2.57 bits per heavy atom. The van der Waals surface area contributed by atoms with Crippen LogP contribution < -0.4 is 5.32 Å². The van der Waals surface area contributed by atoms with Gasteiger partial charge < -0.3 is 15.0 Å². The van der Waals surface area contributed by atoms with Gasteiger partial charge in [-0.15, -0.1) is 0 Å². The second-order valence-electron chi connectivity index (χ2n) is 5.95. The number of hydrogen-bond donors (Lipinski definition) is 2. The van der Waals surface area contributed by atoms with Crippen molar-refractivity contribution in [2.75, 3.05) is 19.6 Å². The number of nitrogens with zero attached hydrogens (tertiary/aromatic N) is 2. The molecule has 1 saturated heterocycles. The van der Waals surface area contributed by atoms with E-state index in [1.807, 2.05) is 23.2 Å². The van der Waals surface area contributed by atoms with Crippen LogP contribution in [0.3, 0.4) is 0 Å². The molecular weight excluding hydrogens is 270 g/mol. The van der Waals surface area contributed by atoms with E-state index in [0.717, 1.165) is 44.5 Å². The Labute approximate surface area is 123 Å². The molecule has 114 valence electrons. The molecule has 0 radical (unpaired) electrons. The van der Waals surface area contributed by atoms with E-state index >= 15 is 0 Å². The van der Waals surface area contributed by atoms with Crippen LogP contribution in [0.5, 0.6) is 0 Å². The van der Waals surface area contributed by atoms with Gasteiger partial charge in [0.25, 0.3) is 5.91 Å². The SMILES string of the molecule is O=C(O)CN1CCC(NC(=O)c2cccn2C2CC2)CC1. The van der Waals surface area contributed by atoms with Gasteiger partial charge >= 0.3 is 5.97 Å². The molecule has 2 heterocycles. The van der Waals surface area contributed by atoms with Crippen LogP contribution in [-0.2, 0) is 4.79 Å². The van der Waals surface area contributed by atoms with Gasteiger partial charge in [-0.3, -0.25) is 14.5 Å². The number of likely N-dealkylation sites (tertiary alicyclic amines) is 1. The maximum atomic E-state index is 12.3. The largest absolute Gasteiger partial charge is 0.480 e. The highest BCUT2D eigenvalue weighted by Crippen LogP contribution is 2.36. The Balaban J connectivity index is 1.52. The van der Waals surface area contributed by atoms with E-state index in [-0.39, 0.29) is 18.5 Å². The highest BCUT2D eigenvalue weighted by Gasteiger charge is 2.28. The molecule has 1 aliphatic heterocycles. The van der Waals surface area contributed by atoms with Crippen LogP contribution in [0.2, 0.25) is 0 Å². The van der Waals surface area contributed by atoms with Crippen LogP contribution in [0.4, 0.5) is 0 Å². The first-order valence-electron chi connectivity index (χ1n) is 7.55. The third-order valence-electron chi connectivity index (χ3n) is 4.23. The summed E-state index contributed by atoms with van der Waals surface area (Å²) in [6.45, 7) is 1.53. The van der Waals surface area contributed by atoms with Crippen molar-refractivity contribution in [3.63, 3.8) is 0 Å².